The minimum atomic E-state index is -0.296. The number of allylic oxidation sites excluding steroid dienone is 1. The predicted molar refractivity (Wildman–Crippen MR) is 93.0 cm³/mol. The van der Waals surface area contributed by atoms with Crippen molar-refractivity contribution in [2.75, 3.05) is 26.2 Å². The molecule has 2 fully saturated rings. The molecule has 2 heterocycles. The first-order valence-corrected chi connectivity index (χ1v) is 9.12. The van der Waals surface area contributed by atoms with Crippen LogP contribution in [0.2, 0.25) is 0 Å². The highest BCUT2D eigenvalue weighted by Gasteiger charge is 2.38. The van der Waals surface area contributed by atoms with Crippen LogP contribution in [-0.2, 0) is 0 Å². The molecule has 1 aliphatic carbocycles. The highest BCUT2D eigenvalue weighted by molar-refractivity contribution is 5.76. The van der Waals surface area contributed by atoms with Crippen molar-refractivity contribution in [3.63, 3.8) is 0 Å². The molecule has 1 saturated carbocycles. The number of halogens is 1. The summed E-state index contributed by atoms with van der Waals surface area (Å²) in [5.74, 6) is 0.573. The third-order valence-corrected chi connectivity index (χ3v) is 6.34. The third kappa shape index (κ3) is 3.77. The Balaban J connectivity index is 1.48. The minimum Gasteiger partial charge on any atom is -0.355 e. The zero-order chi connectivity index (χ0) is 16.4. The highest BCUT2D eigenvalue weighted by atomic mass is 19.1. The second-order valence-corrected chi connectivity index (χ2v) is 7.93. The van der Waals surface area contributed by atoms with E-state index in [4.69, 9.17) is 0 Å². The molecule has 0 bridgehead atoms. The first kappa shape index (κ1) is 16.9. The fourth-order valence-corrected chi connectivity index (χ4v) is 4.21. The van der Waals surface area contributed by atoms with Gasteiger partial charge in [0, 0.05) is 38.4 Å². The van der Waals surface area contributed by atoms with Crippen LogP contribution >= 0.6 is 0 Å². The van der Waals surface area contributed by atoms with Gasteiger partial charge in [0.1, 0.15) is 0 Å². The van der Waals surface area contributed by atoms with Gasteiger partial charge in [-0.15, -0.1) is 0 Å². The molecule has 0 aromatic heterocycles. The van der Waals surface area contributed by atoms with Crippen LogP contribution in [0.25, 0.3) is 0 Å². The maximum atomic E-state index is 13.0. The number of hydrogen-bond donors (Lipinski definition) is 1. The van der Waals surface area contributed by atoms with E-state index in [-0.39, 0.29) is 12.1 Å². The normalized spacial score (nSPS) is 33.6. The van der Waals surface area contributed by atoms with E-state index in [1.807, 2.05) is 0 Å². The SMILES string of the molecule is CCC(C)(C)C1CCC(N2CCN(C3N=CC(F)=CN3)CC2)C1. The molecule has 1 saturated heterocycles. The Morgan fingerprint density at radius 3 is 2.52 bits per heavy atom. The molecule has 0 spiro atoms. The molecule has 0 radical (unpaired) electrons. The molecule has 23 heavy (non-hydrogen) atoms. The molecule has 3 unspecified atom stereocenters. The van der Waals surface area contributed by atoms with Gasteiger partial charge in [-0.25, -0.2) is 4.39 Å². The van der Waals surface area contributed by atoms with Crippen molar-refractivity contribution in [3.05, 3.63) is 12.0 Å². The quantitative estimate of drug-likeness (QED) is 0.863. The van der Waals surface area contributed by atoms with Crippen molar-refractivity contribution in [1.29, 1.82) is 0 Å². The van der Waals surface area contributed by atoms with Gasteiger partial charge in [0.2, 0.25) is 0 Å². The van der Waals surface area contributed by atoms with E-state index in [1.165, 1.54) is 38.1 Å². The van der Waals surface area contributed by atoms with E-state index in [9.17, 15) is 4.39 Å². The Labute approximate surface area is 139 Å². The third-order valence-electron chi connectivity index (χ3n) is 6.34. The molecule has 0 aromatic rings. The van der Waals surface area contributed by atoms with E-state index in [0.29, 0.717) is 5.41 Å². The van der Waals surface area contributed by atoms with Crippen LogP contribution in [0.15, 0.2) is 17.0 Å². The molecule has 0 aromatic carbocycles. The van der Waals surface area contributed by atoms with Gasteiger partial charge in [-0.2, -0.15) is 0 Å². The smallest absolute Gasteiger partial charge is 0.176 e. The second-order valence-electron chi connectivity index (χ2n) is 7.93. The number of nitrogens with one attached hydrogen (secondary N) is 1. The van der Waals surface area contributed by atoms with Crippen molar-refractivity contribution < 1.29 is 4.39 Å². The van der Waals surface area contributed by atoms with Gasteiger partial charge < -0.3 is 5.32 Å². The Hall–Kier alpha value is -0.940. The van der Waals surface area contributed by atoms with Crippen LogP contribution in [0.3, 0.4) is 0 Å². The van der Waals surface area contributed by atoms with Gasteiger partial charge in [0.15, 0.2) is 12.1 Å². The summed E-state index contributed by atoms with van der Waals surface area (Å²) in [5, 5.41) is 3.03. The van der Waals surface area contributed by atoms with Crippen molar-refractivity contribution in [1.82, 2.24) is 15.1 Å². The standard InChI is InChI=1S/C18H31FN4/c1-4-18(2,3)14-5-6-16(11-14)22-7-9-23(10-8-22)17-20-12-15(19)13-21-17/h12-14,16-17,20H,4-11H2,1-3H3. The summed E-state index contributed by atoms with van der Waals surface area (Å²) in [6.07, 6.45) is 8.00. The van der Waals surface area contributed by atoms with Crippen LogP contribution < -0.4 is 5.32 Å². The molecule has 1 N–H and O–H groups in total. The number of piperazine rings is 1. The number of hydrogen-bond acceptors (Lipinski definition) is 4. The van der Waals surface area contributed by atoms with Crippen LogP contribution in [0.4, 0.5) is 4.39 Å². The van der Waals surface area contributed by atoms with Crippen molar-refractivity contribution >= 4 is 6.21 Å². The molecule has 0 amide bonds. The average molecular weight is 322 g/mol. The maximum Gasteiger partial charge on any atom is 0.176 e. The van der Waals surface area contributed by atoms with Crippen LogP contribution in [-0.4, -0.2) is 54.5 Å². The van der Waals surface area contributed by atoms with Crippen LogP contribution in [0.5, 0.6) is 0 Å². The van der Waals surface area contributed by atoms with Crippen LogP contribution in [0, 0.1) is 11.3 Å². The lowest BCUT2D eigenvalue weighted by Crippen LogP contribution is -2.55. The lowest BCUT2D eigenvalue weighted by Gasteiger charge is -2.41. The highest BCUT2D eigenvalue weighted by Crippen LogP contribution is 2.43. The largest absolute Gasteiger partial charge is 0.355 e. The number of aliphatic imine (C=N–C) groups is 1. The Morgan fingerprint density at radius 2 is 1.91 bits per heavy atom. The monoisotopic (exact) mass is 322 g/mol. The van der Waals surface area contributed by atoms with Crippen molar-refractivity contribution in [2.24, 2.45) is 16.3 Å². The summed E-state index contributed by atoms with van der Waals surface area (Å²) in [5.41, 5.74) is 0.480. The lowest BCUT2D eigenvalue weighted by atomic mass is 9.76. The van der Waals surface area contributed by atoms with Gasteiger partial charge in [0.05, 0.1) is 6.21 Å². The average Bonchev–Trinajstić information content (AvgIpc) is 3.07. The van der Waals surface area contributed by atoms with Gasteiger partial charge in [0.25, 0.3) is 0 Å². The van der Waals surface area contributed by atoms with E-state index >= 15 is 0 Å². The molecule has 3 aliphatic rings. The van der Waals surface area contributed by atoms with E-state index in [1.54, 1.807) is 0 Å². The van der Waals surface area contributed by atoms with E-state index in [2.05, 4.69) is 40.9 Å². The molecule has 3 atom stereocenters. The molecule has 5 heteroatoms. The zero-order valence-corrected chi connectivity index (χ0v) is 14.8. The van der Waals surface area contributed by atoms with E-state index in [0.717, 1.165) is 38.1 Å². The summed E-state index contributed by atoms with van der Waals surface area (Å²) in [4.78, 5) is 9.22. The maximum absolute atomic E-state index is 13.0. The van der Waals surface area contributed by atoms with Crippen LogP contribution in [0.1, 0.15) is 46.5 Å². The molecule has 130 valence electrons. The predicted octanol–water partition coefficient (Wildman–Crippen LogP) is 2.98. The molecular formula is C18H31FN4. The Bertz CT molecular complexity index is 466. The Morgan fingerprint density at radius 1 is 1.22 bits per heavy atom. The summed E-state index contributed by atoms with van der Waals surface area (Å²) >= 11 is 0. The van der Waals surface area contributed by atoms with E-state index < -0.39 is 0 Å². The first-order chi connectivity index (χ1) is 11.0. The van der Waals surface area contributed by atoms with Gasteiger partial charge in [-0.3, -0.25) is 14.8 Å². The number of rotatable bonds is 4. The van der Waals surface area contributed by atoms with Gasteiger partial charge >= 0.3 is 0 Å². The van der Waals surface area contributed by atoms with Crippen molar-refractivity contribution in [2.45, 2.75) is 58.8 Å². The summed E-state index contributed by atoms with van der Waals surface area (Å²) in [7, 11) is 0. The molecule has 3 rings (SSSR count). The topological polar surface area (TPSA) is 30.9 Å². The minimum absolute atomic E-state index is 0.0907. The molecule has 4 nitrogen and oxygen atoms in total. The fourth-order valence-electron chi connectivity index (χ4n) is 4.21. The molecule has 2 aliphatic heterocycles. The summed E-state index contributed by atoms with van der Waals surface area (Å²) in [6.45, 7) is 11.4. The Kier molecular flexibility index (Phi) is 5.07. The summed E-state index contributed by atoms with van der Waals surface area (Å²) < 4.78 is 13.0. The zero-order valence-electron chi connectivity index (χ0n) is 14.8. The number of nitrogens with zero attached hydrogens (tertiary/aromatic N) is 3. The van der Waals surface area contributed by atoms with Gasteiger partial charge in [-0.05, 0) is 30.6 Å². The fraction of sp³-hybridized carbons (Fsp3) is 0.833. The molecular weight excluding hydrogens is 291 g/mol. The summed E-state index contributed by atoms with van der Waals surface area (Å²) in [6, 6.07) is 0.758. The first-order valence-electron chi connectivity index (χ1n) is 9.12. The van der Waals surface area contributed by atoms with Crippen molar-refractivity contribution in [3.8, 4) is 0 Å². The van der Waals surface area contributed by atoms with Gasteiger partial charge in [-0.1, -0.05) is 27.2 Å². The second kappa shape index (κ2) is 6.89. The lowest BCUT2D eigenvalue weighted by molar-refractivity contribution is 0.0619.